The normalized spacial score (nSPS) is 17.7. The van der Waals surface area contributed by atoms with Crippen LogP contribution in [0.1, 0.15) is 29.6 Å². The van der Waals surface area contributed by atoms with Crippen molar-refractivity contribution in [2.24, 2.45) is 0 Å². The van der Waals surface area contributed by atoms with Crippen LogP contribution in [0.3, 0.4) is 0 Å². The van der Waals surface area contributed by atoms with Gasteiger partial charge in [-0.15, -0.1) is 0 Å². The molecular formula is C20H23N7OS. The summed E-state index contributed by atoms with van der Waals surface area (Å²) < 4.78 is 8.44. The van der Waals surface area contributed by atoms with Crippen molar-refractivity contribution in [1.29, 1.82) is 0 Å². The molecule has 4 heterocycles. The molecule has 2 aliphatic heterocycles. The van der Waals surface area contributed by atoms with Gasteiger partial charge in [0.25, 0.3) is 5.91 Å². The number of piperidine rings is 1. The van der Waals surface area contributed by atoms with Crippen LogP contribution in [-0.4, -0.2) is 68.8 Å². The van der Waals surface area contributed by atoms with E-state index in [4.69, 9.17) is 4.98 Å². The van der Waals surface area contributed by atoms with Crippen LogP contribution in [0.2, 0.25) is 0 Å². The lowest BCUT2D eigenvalue weighted by atomic mass is 10.1. The molecule has 2 saturated heterocycles. The molecule has 1 amide bonds. The van der Waals surface area contributed by atoms with E-state index in [2.05, 4.69) is 23.5 Å². The van der Waals surface area contributed by atoms with Crippen LogP contribution < -0.4 is 9.80 Å². The third kappa shape index (κ3) is 3.74. The van der Waals surface area contributed by atoms with Gasteiger partial charge in [-0.05, 0) is 43.5 Å². The molecule has 0 bridgehead atoms. The van der Waals surface area contributed by atoms with Crippen molar-refractivity contribution in [1.82, 2.24) is 23.6 Å². The van der Waals surface area contributed by atoms with Crippen molar-refractivity contribution in [2.45, 2.75) is 19.3 Å². The maximum Gasteiger partial charge on any atom is 0.254 e. The average Bonchev–Trinajstić information content (AvgIpc) is 3.27. The van der Waals surface area contributed by atoms with Crippen LogP contribution >= 0.6 is 11.7 Å². The highest BCUT2D eigenvalue weighted by Gasteiger charge is 2.24. The average molecular weight is 410 g/mol. The highest BCUT2D eigenvalue weighted by atomic mass is 32.1. The number of nitrogens with zero attached hydrogens (tertiary/aromatic N) is 7. The number of carbonyl (C=O) groups is 1. The van der Waals surface area contributed by atoms with Crippen molar-refractivity contribution >= 4 is 40.4 Å². The summed E-state index contributed by atoms with van der Waals surface area (Å²) in [7, 11) is 0. The fourth-order valence-corrected chi connectivity index (χ4v) is 4.52. The molecule has 0 saturated carbocycles. The summed E-state index contributed by atoms with van der Waals surface area (Å²) in [5, 5.41) is 0. The van der Waals surface area contributed by atoms with Crippen LogP contribution in [0, 0.1) is 0 Å². The van der Waals surface area contributed by atoms with Crippen molar-refractivity contribution in [3.8, 4) is 0 Å². The summed E-state index contributed by atoms with van der Waals surface area (Å²) in [4.78, 5) is 28.6. The number of anilines is 2. The van der Waals surface area contributed by atoms with Gasteiger partial charge in [-0.1, -0.05) is 0 Å². The molecule has 8 nitrogen and oxygen atoms in total. The number of carbonyl (C=O) groups excluding carboxylic acids is 1. The number of aromatic nitrogens is 4. The molecule has 2 aromatic heterocycles. The summed E-state index contributed by atoms with van der Waals surface area (Å²) in [6, 6.07) is 7.51. The van der Waals surface area contributed by atoms with E-state index < -0.39 is 0 Å². The van der Waals surface area contributed by atoms with Gasteiger partial charge in [-0.3, -0.25) is 4.79 Å². The minimum absolute atomic E-state index is 0.0521. The van der Waals surface area contributed by atoms with E-state index in [0.29, 0.717) is 18.7 Å². The maximum atomic E-state index is 12.9. The van der Waals surface area contributed by atoms with Gasteiger partial charge in [-0.2, -0.15) is 13.7 Å². The Morgan fingerprint density at radius 3 is 2.48 bits per heavy atom. The molecule has 3 aromatic rings. The summed E-state index contributed by atoms with van der Waals surface area (Å²) in [5.41, 5.74) is 2.29. The molecule has 0 unspecified atom stereocenters. The van der Waals surface area contributed by atoms with Gasteiger partial charge in [0.15, 0.2) is 0 Å². The van der Waals surface area contributed by atoms with Crippen LogP contribution in [0.15, 0.2) is 30.5 Å². The van der Waals surface area contributed by atoms with Crippen molar-refractivity contribution in [2.75, 3.05) is 49.1 Å². The first-order valence-corrected chi connectivity index (χ1v) is 10.9. The topological polar surface area (TPSA) is 78.4 Å². The molecule has 2 fully saturated rings. The van der Waals surface area contributed by atoms with E-state index in [1.165, 1.54) is 31.0 Å². The van der Waals surface area contributed by atoms with E-state index in [0.717, 1.165) is 49.0 Å². The van der Waals surface area contributed by atoms with Gasteiger partial charge in [0, 0.05) is 51.0 Å². The van der Waals surface area contributed by atoms with Crippen LogP contribution in [0.25, 0.3) is 11.0 Å². The van der Waals surface area contributed by atoms with Gasteiger partial charge in [0.05, 0.1) is 11.7 Å². The highest BCUT2D eigenvalue weighted by Crippen LogP contribution is 2.21. The molecule has 2 aliphatic rings. The van der Waals surface area contributed by atoms with E-state index in [1.807, 2.05) is 35.4 Å². The van der Waals surface area contributed by atoms with Crippen LogP contribution in [-0.2, 0) is 0 Å². The second kappa shape index (κ2) is 7.90. The Bertz CT molecular complexity index is 1010. The van der Waals surface area contributed by atoms with Gasteiger partial charge in [-0.25, -0.2) is 4.98 Å². The number of hydrogen-bond acceptors (Lipinski definition) is 8. The van der Waals surface area contributed by atoms with Crippen LogP contribution in [0.5, 0.6) is 0 Å². The fraction of sp³-hybridized carbons (Fsp3) is 0.450. The number of hydrogen-bond donors (Lipinski definition) is 0. The van der Waals surface area contributed by atoms with Crippen molar-refractivity contribution < 1.29 is 4.79 Å². The third-order valence-corrected chi connectivity index (χ3v) is 6.22. The molecule has 0 spiro atoms. The second-order valence-corrected chi connectivity index (χ2v) is 8.04. The number of piperazine rings is 1. The Labute approximate surface area is 173 Å². The minimum Gasteiger partial charge on any atom is -0.353 e. The van der Waals surface area contributed by atoms with E-state index in [-0.39, 0.29) is 5.91 Å². The lowest BCUT2D eigenvalue weighted by Gasteiger charge is -2.36. The third-order valence-electron chi connectivity index (χ3n) is 5.66. The lowest BCUT2D eigenvalue weighted by Crippen LogP contribution is -2.49. The number of rotatable bonds is 3. The summed E-state index contributed by atoms with van der Waals surface area (Å²) >= 11 is 1.17. The standard InChI is InChI=1S/C20H23N7OS/c28-19(15-4-5-16-17(14-15)24-29-23-16)26-12-10-25(11-13-26)18-6-7-21-20(22-18)27-8-2-1-3-9-27/h4-7,14H,1-3,8-13H2. The SMILES string of the molecule is O=C(c1ccc2nsnc2c1)N1CCN(c2ccnc(N3CCCCC3)n2)CC1. The Balaban J connectivity index is 1.24. The largest absolute Gasteiger partial charge is 0.353 e. The summed E-state index contributed by atoms with van der Waals surface area (Å²) in [6.45, 7) is 4.95. The molecular weight excluding hydrogens is 386 g/mol. The number of amides is 1. The Morgan fingerprint density at radius 2 is 1.66 bits per heavy atom. The van der Waals surface area contributed by atoms with E-state index in [9.17, 15) is 4.79 Å². The van der Waals surface area contributed by atoms with Crippen molar-refractivity contribution in [3.63, 3.8) is 0 Å². The molecule has 0 aliphatic carbocycles. The fourth-order valence-electron chi connectivity index (χ4n) is 4.00. The zero-order valence-corrected chi connectivity index (χ0v) is 17.0. The molecule has 0 radical (unpaired) electrons. The zero-order valence-electron chi connectivity index (χ0n) is 16.2. The Morgan fingerprint density at radius 1 is 0.862 bits per heavy atom. The van der Waals surface area contributed by atoms with E-state index >= 15 is 0 Å². The molecule has 5 rings (SSSR count). The molecule has 150 valence electrons. The Hall–Kier alpha value is -2.81. The second-order valence-electron chi connectivity index (χ2n) is 7.51. The predicted octanol–water partition coefficient (Wildman–Crippen LogP) is 2.43. The molecule has 1 aromatic carbocycles. The number of fused-ring (bicyclic) bond motifs is 1. The minimum atomic E-state index is 0.0521. The molecule has 0 atom stereocenters. The quantitative estimate of drug-likeness (QED) is 0.657. The van der Waals surface area contributed by atoms with Crippen molar-refractivity contribution in [3.05, 3.63) is 36.0 Å². The lowest BCUT2D eigenvalue weighted by molar-refractivity contribution is 0.0746. The Kier molecular flexibility index (Phi) is 4.97. The maximum absolute atomic E-state index is 12.9. The molecule has 0 N–H and O–H groups in total. The summed E-state index contributed by atoms with van der Waals surface area (Å²) in [6.07, 6.45) is 5.55. The van der Waals surface area contributed by atoms with Gasteiger partial charge in [0.1, 0.15) is 16.9 Å². The monoisotopic (exact) mass is 409 g/mol. The van der Waals surface area contributed by atoms with Gasteiger partial charge in [0.2, 0.25) is 5.95 Å². The van der Waals surface area contributed by atoms with E-state index in [1.54, 1.807) is 0 Å². The first-order valence-electron chi connectivity index (χ1n) is 10.1. The summed E-state index contributed by atoms with van der Waals surface area (Å²) in [5.74, 6) is 1.82. The number of benzene rings is 1. The van der Waals surface area contributed by atoms with Gasteiger partial charge >= 0.3 is 0 Å². The predicted molar refractivity (Wildman–Crippen MR) is 114 cm³/mol. The zero-order chi connectivity index (χ0) is 19.6. The first-order chi connectivity index (χ1) is 14.3. The van der Waals surface area contributed by atoms with Crippen LogP contribution in [0.4, 0.5) is 11.8 Å². The molecule has 29 heavy (non-hydrogen) atoms. The highest BCUT2D eigenvalue weighted by molar-refractivity contribution is 7.00. The van der Waals surface area contributed by atoms with Gasteiger partial charge < -0.3 is 14.7 Å². The molecule has 9 heteroatoms. The smallest absolute Gasteiger partial charge is 0.254 e. The first kappa shape index (κ1) is 18.2.